The molecule has 0 saturated carbocycles. The van der Waals surface area contributed by atoms with E-state index in [1.165, 1.54) is 19.9 Å². The smallest absolute Gasteiger partial charge is 0.337 e. The van der Waals surface area contributed by atoms with Crippen molar-refractivity contribution in [2.75, 3.05) is 6.61 Å². The van der Waals surface area contributed by atoms with Gasteiger partial charge in [0.25, 0.3) is 0 Å². The van der Waals surface area contributed by atoms with Crippen LogP contribution < -0.4 is 0 Å². The van der Waals surface area contributed by atoms with Crippen molar-refractivity contribution in [3.8, 4) is 0 Å². The van der Waals surface area contributed by atoms with Gasteiger partial charge in [0, 0.05) is 47.1 Å². The summed E-state index contributed by atoms with van der Waals surface area (Å²) >= 11 is 0. The quantitative estimate of drug-likeness (QED) is 0.564. The lowest BCUT2D eigenvalue weighted by Crippen LogP contribution is -2.33. The Labute approximate surface area is 168 Å². The van der Waals surface area contributed by atoms with Crippen LogP contribution in [-0.2, 0) is 14.3 Å². The predicted octanol–water partition coefficient (Wildman–Crippen LogP) is 2.91. The second-order valence-electron chi connectivity index (χ2n) is 7.74. The number of ether oxygens (including phenoxy) is 1. The maximum absolute atomic E-state index is 12.7. The molecule has 2 aliphatic carbocycles. The number of allylic oxidation sites excluding steroid dienone is 4. The van der Waals surface area contributed by atoms with Crippen LogP contribution >= 0.6 is 0 Å². The number of benzene rings is 1. The van der Waals surface area contributed by atoms with Crippen molar-refractivity contribution in [3.63, 3.8) is 0 Å². The molecule has 0 fully saturated rings. The second kappa shape index (κ2) is 7.72. The third-order valence-corrected chi connectivity index (χ3v) is 4.90. The van der Waals surface area contributed by atoms with Crippen LogP contribution in [0.1, 0.15) is 53.8 Å². The van der Waals surface area contributed by atoms with E-state index in [2.05, 4.69) is 6.58 Å². The molecule has 0 aliphatic heterocycles. The van der Waals surface area contributed by atoms with Gasteiger partial charge >= 0.3 is 5.97 Å². The van der Waals surface area contributed by atoms with Crippen molar-refractivity contribution in [1.82, 2.24) is 0 Å². The summed E-state index contributed by atoms with van der Waals surface area (Å²) in [6, 6.07) is 6.65. The first-order chi connectivity index (χ1) is 13.6. The number of rotatable bonds is 7. The van der Waals surface area contributed by atoms with E-state index in [1.54, 1.807) is 24.3 Å². The first-order valence-electron chi connectivity index (χ1n) is 9.31. The molecule has 6 nitrogen and oxygen atoms in total. The highest BCUT2D eigenvalue weighted by atomic mass is 16.5. The number of carbonyl (C=O) groups is 4. The molecule has 0 unspecified atom stereocenters. The zero-order chi connectivity index (χ0) is 21.3. The molecule has 0 bridgehead atoms. The van der Waals surface area contributed by atoms with Crippen LogP contribution in [0.25, 0.3) is 0 Å². The van der Waals surface area contributed by atoms with Gasteiger partial charge < -0.3 is 9.84 Å². The molecule has 0 heterocycles. The van der Waals surface area contributed by atoms with Crippen LogP contribution in [0.4, 0.5) is 0 Å². The Morgan fingerprint density at radius 1 is 1.14 bits per heavy atom. The minimum absolute atomic E-state index is 0.00894. The van der Waals surface area contributed by atoms with E-state index in [9.17, 15) is 24.3 Å². The molecular formula is C23H22O6. The van der Waals surface area contributed by atoms with E-state index in [0.29, 0.717) is 33.4 Å². The molecule has 0 atom stereocenters. The molecule has 0 spiro atoms. The summed E-state index contributed by atoms with van der Waals surface area (Å²) in [5.41, 5.74) is 0.774. The first kappa shape index (κ1) is 20.6. The monoisotopic (exact) mass is 394 g/mol. The molecule has 2 aliphatic rings. The van der Waals surface area contributed by atoms with Crippen LogP contribution in [-0.4, -0.2) is 40.6 Å². The number of carbonyl (C=O) groups excluding carboxylic acids is 4. The predicted molar refractivity (Wildman–Crippen MR) is 105 cm³/mol. The minimum Gasteiger partial charge on any atom is -0.463 e. The number of esters is 1. The van der Waals surface area contributed by atoms with E-state index in [-0.39, 0.29) is 43.2 Å². The van der Waals surface area contributed by atoms with Crippen molar-refractivity contribution in [1.29, 1.82) is 0 Å². The third kappa shape index (κ3) is 4.17. The normalized spacial score (nSPS) is 15.6. The summed E-state index contributed by atoms with van der Waals surface area (Å²) in [7, 11) is 0. The Bertz CT molecular complexity index is 1000. The summed E-state index contributed by atoms with van der Waals surface area (Å²) in [5.74, 6) is -1.42. The van der Waals surface area contributed by atoms with Gasteiger partial charge in [-0.2, -0.15) is 0 Å². The maximum Gasteiger partial charge on any atom is 0.337 e. The average Bonchev–Trinajstić information content (AvgIpc) is 3.11. The summed E-state index contributed by atoms with van der Waals surface area (Å²) < 4.78 is 4.95. The van der Waals surface area contributed by atoms with Gasteiger partial charge in [-0.1, -0.05) is 36.4 Å². The molecular weight excluding hydrogens is 372 g/mol. The lowest BCUT2D eigenvalue weighted by atomic mass is 9.85. The van der Waals surface area contributed by atoms with Crippen molar-refractivity contribution in [3.05, 3.63) is 70.3 Å². The van der Waals surface area contributed by atoms with E-state index >= 15 is 0 Å². The lowest BCUT2D eigenvalue weighted by molar-refractivity contribution is -0.161. The standard InChI is InChI=1S/C23H22O6/c1-13(8-9-29-22(27)23(2,3)28)10-19(24)14-11-17-18(12-14)21(26)16-7-5-4-6-15(16)20(17)25/h4-7,11,28H,1,8-10,12H2,2-3H3. The fourth-order valence-electron chi connectivity index (χ4n) is 3.26. The first-order valence-corrected chi connectivity index (χ1v) is 9.31. The van der Waals surface area contributed by atoms with Crippen molar-refractivity contribution in [2.45, 2.75) is 38.7 Å². The van der Waals surface area contributed by atoms with Gasteiger partial charge in [0.05, 0.1) is 6.61 Å². The number of hydrogen-bond donors (Lipinski definition) is 1. The van der Waals surface area contributed by atoms with Gasteiger partial charge in [-0.15, -0.1) is 0 Å². The largest absolute Gasteiger partial charge is 0.463 e. The van der Waals surface area contributed by atoms with Crippen molar-refractivity contribution in [2.24, 2.45) is 0 Å². The highest BCUT2D eigenvalue weighted by Gasteiger charge is 2.35. The summed E-state index contributed by atoms with van der Waals surface area (Å²) in [6.45, 7) is 6.50. The van der Waals surface area contributed by atoms with Gasteiger partial charge in [-0.05, 0) is 19.9 Å². The lowest BCUT2D eigenvalue weighted by Gasteiger charge is -2.16. The van der Waals surface area contributed by atoms with E-state index in [0.717, 1.165) is 0 Å². The molecule has 1 aromatic carbocycles. The van der Waals surface area contributed by atoms with Crippen LogP contribution in [0.15, 0.2) is 59.2 Å². The van der Waals surface area contributed by atoms with Crippen molar-refractivity contribution >= 4 is 23.3 Å². The molecule has 1 aromatic rings. The van der Waals surface area contributed by atoms with E-state index in [1.807, 2.05) is 0 Å². The van der Waals surface area contributed by atoms with Crippen LogP contribution in [0.2, 0.25) is 0 Å². The van der Waals surface area contributed by atoms with Gasteiger partial charge in [-0.25, -0.2) is 4.79 Å². The number of hydrogen-bond acceptors (Lipinski definition) is 6. The molecule has 0 radical (unpaired) electrons. The molecule has 6 heteroatoms. The Hall–Kier alpha value is -3.12. The fourth-order valence-corrected chi connectivity index (χ4v) is 3.26. The van der Waals surface area contributed by atoms with Gasteiger partial charge in [-0.3, -0.25) is 14.4 Å². The zero-order valence-corrected chi connectivity index (χ0v) is 16.4. The number of ketones is 3. The average molecular weight is 394 g/mol. The Kier molecular flexibility index (Phi) is 5.48. The highest BCUT2D eigenvalue weighted by Crippen LogP contribution is 2.36. The molecule has 29 heavy (non-hydrogen) atoms. The topological polar surface area (TPSA) is 97.7 Å². The van der Waals surface area contributed by atoms with Crippen LogP contribution in [0.3, 0.4) is 0 Å². The van der Waals surface area contributed by atoms with Crippen LogP contribution in [0, 0.1) is 0 Å². The molecule has 0 aromatic heterocycles. The zero-order valence-electron chi connectivity index (χ0n) is 16.4. The Morgan fingerprint density at radius 3 is 2.38 bits per heavy atom. The molecule has 1 N–H and O–H groups in total. The van der Waals surface area contributed by atoms with Crippen molar-refractivity contribution < 1.29 is 29.0 Å². The molecule has 0 amide bonds. The van der Waals surface area contributed by atoms with Crippen LogP contribution in [0.5, 0.6) is 0 Å². The highest BCUT2D eigenvalue weighted by molar-refractivity contribution is 6.29. The Balaban J connectivity index is 1.60. The van der Waals surface area contributed by atoms with E-state index in [4.69, 9.17) is 4.74 Å². The van der Waals surface area contributed by atoms with E-state index < -0.39 is 11.6 Å². The minimum atomic E-state index is -1.58. The fraction of sp³-hybridized carbons (Fsp3) is 0.304. The maximum atomic E-state index is 12.7. The van der Waals surface area contributed by atoms with Gasteiger partial charge in [0.2, 0.25) is 0 Å². The van der Waals surface area contributed by atoms with Gasteiger partial charge in [0.1, 0.15) is 0 Å². The number of aliphatic hydroxyl groups is 1. The molecule has 150 valence electrons. The molecule has 3 rings (SSSR count). The number of fused-ring (bicyclic) bond motifs is 1. The summed E-state index contributed by atoms with van der Waals surface area (Å²) in [4.78, 5) is 49.5. The second-order valence-corrected chi connectivity index (χ2v) is 7.74. The molecule has 0 saturated heterocycles. The third-order valence-electron chi connectivity index (χ3n) is 4.90. The summed E-state index contributed by atoms with van der Waals surface area (Å²) in [6.07, 6.45) is 1.95. The Morgan fingerprint density at radius 2 is 1.76 bits per heavy atom. The SMILES string of the molecule is C=C(CCOC(=O)C(C)(C)O)CC(=O)C1=CC2=C(C1)C(=O)c1ccccc1C2=O. The number of Topliss-reactive ketones (excluding diaryl/α,β-unsaturated/α-hetero) is 3. The van der Waals surface area contributed by atoms with Gasteiger partial charge in [0.15, 0.2) is 23.0 Å². The summed E-state index contributed by atoms with van der Waals surface area (Å²) in [5, 5.41) is 9.53.